The summed E-state index contributed by atoms with van der Waals surface area (Å²) in [5, 5.41) is 0. The number of rotatable bonds is 11. The van der Waals surface area contributed by atoms with E-state index < -0.39 is 30.7 Å². The van der Waals surface area contributed by atoms with E-state index in [1.807, 2.05) is 0 Å². The van der Waals surface area contributed by atoms with E-state index in [1.54, 1.807) is 14.2 Å². The van der Waals surface area contributed by atoms with Gasteiger partial charge >= 0.3 is 24.3 Å². The molecule has 23 heavy (non-hydrogen) atoms. The Balaban J connectivity index is 0. The van der Waals surface area contributed by atoms with E-state index in [4.69, 9.17) is 22.1 Å². The first-order valence-corrected chi connectivity index (χ1v) is 11.4. The highest BCUT2D eigenvalue weighted by atomic mass is 32.1. The lowest BCUT2D eigenvalue weighted by Crippen LogP contribution is -2.43. The van der Waals surface area contributed by atoms with Crippen LogP contribution in [0.15, 0.2) is 0 Å². The van der Waals surface area contributed by atoms with Gasteiger partial charge in [0.2, 0.25) is 0 Å². The largest absolute Gasteiger partial charge is 0.500 e. The van der Waals surface area contributed by atoms with Crippen LogP contribution in [0.4, 0.5) is 13.2 Å². The number of unbranched alkanes of at least 4 members (excludes halogenated alkanes) is 1. The van der Waals surface area contributed by atoms with Gasteiger partial charge in [-0.1, -0.05) is 6.42 Å². The maximum absolute atomic E-state index is 11.9. The lowest BCUT2D eigenvalue weighted by Gasteiger charge is -2.24. The monoisotopic (exact) mass is 398 g/mol. The SMILES string of the molecule is CO[SiH](CCCCS)OC.CO[Si](CCC(F)(F)F)(OC)OC. The Morgan fingerprint density at radius 1 is 0.913 bits per heavy atom. The first-order chi connectivity index (χ1) is 10.7. The average Bonchev–Trinajstić information content (AvgIpc) is 2.53. The van der Waals surface area contributed by atoms with Crippen molar-refractivity contribution in [3.8, 4) is 0 Å². The lowest BCUT2D eigenvalue weighted by molar-refractivity contribution is -0.132. The molecule has 0 amide bonds. The van der Waals surface area contributed by atoms with Gasteiger partial charge in [-0.25, -0.2) is 0 Å². The molecule has 0 atom stereocenters. The fourth-order valence-corrected chi connectivity index (χ4v) is 4.82. The minimum absolute atomic E-state index is 0.250. The highest BCUT2D eigenvalue weighted by molar-refractivity contribution is 7.80. The molecular formula is C12H29F3O5SSi2. The predicted octanol–water partition coefficient (Wildman–Crippen LogP) is 3.03. The first-order valence-electron chi connectivity index (χ1n) is 7.12. The van der Waals surface area contributed by atoms with Gasteiger partial charge in [0.1, 0.15) is 0 Å². The zero-order valence-electron chi connectivity index (χ0n) is 14.4. The molecule has 0 aliphatic carbocycles. The summed E-state index contributed by atoms with van der Waals surface area (Å²) in [7, 11) is 3.00. The molecule has 0 aliphatic rings. The van der Waals surface area contributed by atoms with Crippen LogP contribution in [0.1, 0.15) is 19.3 Å². The summed E-state index contributed by atoms with van der Waals surface area (Å²) in [5.74, 6) is 0.967. The van der Waals surface area contributed by atoms with Gasteiger partial charge < -0.3 is 22.1 Å². The van der Waals surface area contributed by atoms with Crippen LogP contribution in [0.25, 0.3) is 0 Å². The van der Waals surface area contributed by atoms with Crippen molar-refractivity contribution in [1.29, 1.82) is 0 Å². The standard InChI is InChI=1S/C6H13F3O3Si.C6H16O2SSi/c1-10-13(11-2,12-3)5-4-6(7,8)9;1-7-10(8-2)6-4-3-5-9/h4-5H2,1-3H3;9-10H,3-6H2,1-2H3. The third kappa shape index (κ3) is 14.4. The smallest absolute Gasteiger partial charge is 0.400 e. The van der Waals surface area contributed by atoms with Crippen molar-refractivity contribution in [2.45, 2.75) is 37.5 Å². The molecule has 142 valence electrons. The molecule has 0 aromatic heterocycles. The van der Waals surface area contributed by atoms with Crippen LogP contribution in [0.2, 0.25) is 12.1 Å². The van der Waals surface area contributed by atoms with Crippen LogP contribution in [0, 0.1) is 0 Å². The minimum Gasteiger partial charge on any atom is -0.400 e. The van der Waals surface area contributed by atoms with Crippen LogP contribution in [0.5, 0.6) is 0 Å². The third-order valence-corrected chi connectivity index (χ3v) is 8.00. The van der Waals surface area contributed by atoms with E-state index in [9.17, 15) is 13.2 Å². The normalized spacial score (nSPS) is 12.3. The Hall–Kier alpha value is 0.374. The quantitative estimate of drug-likeness (QED) is 0.329. The molecule has 0 fully saturated rings. The molecular weight excluding hydrogens is 369 g/mol. The van der Waals surface area contributed by atoms with E-state index in [0.717, 1.165) is 11.8 Å². The molecule has 0 rings (SSSR count). The van der Waals surface area contributed by atoms with E-state index >= 15 is 0 Å². The van der Waals surface area contributed by atoms with Gasteiger partial charge in [0.25, 0.3) is 0 Å². The second-order valence-electron chi connectivity index (χ2n) is 4.53. The summed E-state index contributed by atoms with van der Waals surface area (Å²) >= 11 is 4.12. The summed E-state index contributed by atoms with van der Waals surface area (Å²) in [6, 6.07) is 0.855. The lowest BCUT2D eigenvalue weighted by atomic mass is 10.4. The fraction of sp³-hybridized carbons (Fsp3) is 1.00. The second-order valence-corrected chi connectivity index (χ2v) is 10.4. The molecule has 0 spiro atoms. The van der Waals surface area contributed by atoms with Gasteiger partial charge in [0.05, 0.1) is 0 Å². The van der Waals surface area contributed by atoms with Crippen molar-refractivity contribution < 1.29 is 35.3 Å². The van der Waals surface area contributed by atoms with Crippen molar-refractivity contribution in [1.82, 2.24) is 0 Å². The van der Waals surface area contributed by atoms with E-state index in [0.29, 0.717) is 0 Å². The van der Waals surface area contributed by atoms with Crippen molar-refractivity contribution in [3.05, 3.63) is 0 Å². The molecule has 0 N–H and O–H groups in total. The minimum atomic E-state index is -4.20. The van der Waals surface area contributed by atoms with Gasteiger partial charge in [-0.3, -0.25) is 0 Å². The van der Waals surface area contributed by atoms with Gasteiger partial charge in [0, 0.05) is 48.0 Å². The van der Waals surface area contributed by atoms with Gasteiger partial charge in [0.15, 0.2) is 0 Å². The highest BCUT2D eigenvalue weighted by Crippen LogP contribution is 2.26. The Bertz CT molecular complexity index is 259. The van der Waals surface area contributed by atoms with E-state index in [2.05, 4.69) is 12.6 Å². The summed E-state index contributed by atoms with van der Waals surface area (Å²) < 4.78 is 60.3. The zero-order valence-corrected chi connectivity index (χ0v) is 17.5. The molecule has 5 nitrogen and oxygen atoms in total. The van der Waals surface area contributed by atoms with Crippen LogP contribution >= 0.6 is 12.6 Å². The summed E-state index contributed by atoms with van der Waals surface area (Å²) in [4.78, 5) is 0. The van der Waals surface area contributed by atoms with Crippen LogP contribution in [-0.4, -0.2) is 65.6 Å². The molecule has 0 saturated heterocycles. The molecule has 0 radical (unpaired) electrons. The van der Waals surface area contributed by atoms with Crippen LogP contribution in [-0.2, 0) is 22.1 Å². The van der Waals surface area contributed by atoms with E-state index in [-0.39, 0.29) is 6.04 Å². The molecule has 0 aliphatic heterocycles. The Labute approximate surface area is 145 Å². The number of hydrogen-bond donors (Lipinski definition) is 1. The number of hydrogen-bond acceptors (Lipinski definition) is 6. The van der Waals surface area contributed by atoms with Crippen LogP contribution in [0.3, 0.4) is 0 Å². The van der Waals surface area contributed by atoms with Gasteiger partial charge in [-0.15, -0.1) is 0 Å². The van der Waals surface area contributed by atoms with Gasteiger partial charge in [-0.2, -0.15) is 25.8 Å². The van der Waals surface area contributed by atoms with E-state index in [1.165, 1.54) is 34.2 Å². The Morgan fingerprint density at radius 2 is 1.39 bits per heavy atom. The zero-order chi connectivity index (χ0) is 18.4. The molecule has 0 aromatic rings. The summed E-state index contributed by atoms with van der Waals surface area (Å²) in [6.45, 7) is 0. The van der Waals surface area contributed by atoms with Crippen molar-refractivity contribution in [2.75, 3.05) is 41.3 Å². The first kappa shape index (κ1) is 25.6. The maximum Gasteiger partial charge on any atom is 0.500 e. The molecule has 0 unspecified atom stereocenters. The number of thiol groups is 1. The molecule has 0 saturated carbocycles. The maximum atomic E-state index is 11.9. The van der Waals surface area contributed by atoms with Crippen LogP contribution < -0.4 is 0 Å². The molecule has 0 bridgehead atoms. The summed E-state index contributed by atoms with van der Waals surface area (Å²) in [5.41, 5.74) is 0. The van der Waals surface area contributed by atoms with Crippen molar-refractivity contribution in [2.24, 2.45) is 0 Å². The molecule has 11 heteroatoms. The highest BCUT2D eigenvalue weighted by Gasteiger charge is 2.42. The second kappa shape index (κ2) is 14.7. The molecule has 0 aromatic carbocycles. The van der Waals surface area contributed by atoms with Gasteiger partial charge in [-0.05, 0) is 18.2 Å². The topological polar surface area (TPSA) is 46.2 Å². The Morgan fingerprint density at radius 3 is 1.70 bits per heavy atom. The third-order valence-electron chi connectivity index (χ3n) is 3.02. The number of alkyl halides is 3. The fourth-order valence-electron chi connectivity index (χ4n) is 1.61. The summed E-state index contributed by atoms with van der Waals surface area (Å²) in [6.07, 6.45) is -2.80. The average molecular weight is 399 g/mol. The van der Waals surface area contributed by atoms with Crippen molar-refractivity contribution >= 4 is 30.7 Å². The predicted molar refractivity (Wildman–Crippen MR) is 91.3 cm³/mol. The van der Waals surface area contributed by atoms with Crippen molar-refractivity contribution in [3.63, 3.8) is 0 Å². The molecule has 0 heterocycles. The Kier molecular flexibility index (Phi) is 16.4. The number of halogens is 3.